The molecular weight excluding hydrogens is 291 g/mol. The first-order chi connectivity index (χ1) is 9.37. The van der Waals surface area contributed by atoms with Crippen LogP contribution in [0.5, 0.6) is 0 Å². The van der Waals surface area contributed by atoms with Crippen LogP contribution in [0.25, 0.3) is 0 Å². The molecule has 2 rings (SSSR count). The van der Waals surface area contributed by atoms with E-state index in [4.69, 9.17) is 0 Å². The Morgan fingerprint density at radius 3 is 2.90 bits per heavy atom. The summed E-state index contributed by atoms with van der Waals surface area (Å²) in [6.07, 6.45) is -0.970. The smallest absolute Gasteiger partial charge is 0.372 e. The van der Waals surface area contributed by atoms with Crippen LogP contribution in [0.3, 0.4) is 0 Å². The van der Waals surface area contributed by atoms with Gasteiger partial charge in [0.2, 0.25) is 0 Å². The first kappa shape index (κ1) is 15.6. The van der Waals surface area contributed by atoms with Crippen LogP contribution in [0.15, 0.2) is 4.79 Å². The average Bonchev–Trinajstić information content (AvgIpc) is 2.63. The van der Waals surface area contributed by atoms with Crippen LogP contribution in [0, 0.1) is 5.92 Å². The van der Waals surface area contributed by atoms with E-state index >= 15 is 0 Å². The van der Waals surface area contributed by atoms with E-state index in [0.29, 0.717) is 18.9 Å². The van der Waals surface area contributed by atoms with Crippen molar-refractivity contribution in [3.8, 4) is 0 Å². The van der Waals surface area contributed by atoms with Crippen LogP contribution in [0.2, 0.25) is 0 Å². The molecule has 1 unspecified atom stereocenters. The van der Waals surface area contributed by atoms with Crippen LogP contribution < -0.4 is 4.87 Å². The number of fused-ring (bicyclic) bond motifs is 1. The number of alkyl halides is 3. The van der Waals surface area contributed by atoms with Gasteiger partial charge in [0.15, 0.2) is 0 Å². The summed E-state index contributed by atoms with van der Waals surface area (Å²) in [5.74, 6) is 0.601. The average molecular weight is 309 g/mol. The van der Waals surface area contributed by atoms with E-state index in [2.05, 4.69) is 11.7 Å². The Bertz CT molecular complexity index is 507. The summed E-state index contributed by atoms with van der Waals surface area (Å²) in [6.45, 7) is 1.41. The monoisotopic (exact) mass is 309 g/mol. The number of hydrogen-bond donors (Lipinski definition) is 0. The van der Waals surface area contributed by atoms with Gasteiger partial charge in [-0.05, 0) is 31.6 Å². The van der Waals surface area contributed by atoms with Gasteiger partial charge in [-0.3, -0.25) is 4.79 Å². The third kappa shape index (κ3) is 4.09. The molecule has 1 atom stereocenters. The van der Waals surface area contributed by atoms with Gasteiger partial charge in [0.1, 0.15) is 6.61 Å². The predicted molar refractivity (Wildman–Crippen MR) is 71.3 cm³/mol. The molecular formula is C13H18F3NO2S. The maximum Gasteiger partial charge on any atom is 0.411 e. The molecule has 1 heterocycles. The quantitative estimate of drug-likeness (QED) is 0.783. The SMILES string of the molecule is CC1CCc2c(sc(=O)n2CCCOCC(F)(F)F)C1. The number of aromatic nitrogens is 1. The molecule has 0 saturated carbocycles. The molecule has 1 aromatic rings. The molecule has 0 radical (unpaired) electrons. The maximum absolute atomic E-state index is 11.9. The van der Waals surface area contributed by atoms with Crippen LogP contribution >= 0.6 is 11.3 Å². The van der Waals surface area contributed by atoms with Crippen molar-refractivity contribution in [2.75, 3.05) is 13.2 Å². The van der Waals surface area contributed by atoms with Crippen molar-refractivity contribution >= 4 is 11.3 Å². The topological polar surface area (TPSA) is 31.2 Å². The summed E-state index contributed by atoms with van der Waals surface area (Å²) in [6, 6.07) is 0. The number of ether oxygens (including phenoxy) is 1. The highest BCUT2D eigenvalue weighted by atomic mass is 32.1. The third-order valence-electron chi connectivity index (χ3n) is 3.42. The molecule has 1 aliphatic rings. The number of thiazole rings is 1. The summed E-state index contributed by atoms with van der Waals surface area (Å²) in [5, 5.41) is 0. The standard InChI is InChI=1S/C13H18F3NO2S/c1-9-3-4-10-11(7-9)20-12(18)17(10)5-2-6-19-8-13(14,15)16/h9H,2-8H2,1H3. The lowest BCUT2D eigenvalue weighted by Gasteiger charge is -2.19. The minimum Gasteiger partial charge on any atom is -0.372 e. The molecule has 0 aliphatic heterocycles. The zero-order valence-electron chi connectivity index (χ0n) is 11.3. The second kappa shape index (κ2) is 6.30. The first-order valence-electron chi connectivity index (χ1n) is 6.72. The molecule has 0 aromatic carbocycles. The Balaban J connectivity index is 1.86. The summed E-state index contributed by atoms with van der Waals surface area (Å²) >= 11 is 1.28. The molecule has 0 spiro atoms. The Hall–Kier alpha value is -0.820. The molecule has 3 nitrogen and oxygen atoms in total. The summed E-state index contributed by atoms with van der Waals surface area (Å²) in [7, 11) is 0. The Labute approximate surface area is 119 Å². The van der Waals surface area contributed by atoms with Gasteiger partial charge < -0.3 is 9.30 Å². The summed E-state index contributed by atoms with van der Waals surface area (Å²) in [5.41, 5.74) is 1.08. The van der Waals surface area contributed by atoms with Gasteiger partial charge in [-0.25, -0.2) is 0 Å². The molecule has 114 valence electrons. The fourth-order valence-corrected chi connectivity index (χ4v) is 3.67. The summed E-state index contributed by atoms with van der Waals surface area (Å²) in [4.78, 5) is 13.0. The molecule has 20 heavy (non-hydrogen) atoms. The highest BCUT2D eigenvalue weighted by Gasteiger charge is 2.27. The lowest BCUT2D eigenvalue weighted by atomic mass is 9.93. The van der Waals surface area contributed by atoms with Crippen molar-refractivity contribution in [2.24, 2.45) is 5.92 Å². The fourth-order valence-electron chi connectivity index (χ4n) is 2.45. The molecule has 0 saturated heterocycles. The second-order valence-corrected chi connectivity index (χ2v) is 6.30. The van der Waals surface area contributed by atoms with Gasteiger partial charge in [0.25, 0.3) is 0 Å². The Morgan fingerprint density at radius 1 is 1.45 bits per heavy atom. The lowest BCUT2D eigenvalue weighted by molar-refractivity contribution is -0.174. The zero-order chi connectivity index (χ0) is 14.8. The van der Waals surface area contributed by atoms with E-state index in [1.807, 2.05) is 0 Å². The number of rotatable bonds is 5. The highest BCUT2D eigenvalue weighted by Crippen LogP contribution is 2.27. The van der Waals surface area contributed by atoms with E-state index in [9.17, 15) is 18.0 Å². The van der Waals surface area contributed by atoms with E-state index < -0.39 is 12.8 Å². The molecule has 1 aliphatic carbocycles. The van der Waals surface area contributed by atoms with Crippen LogP contribution in [-0.4, -0.2) is 24.0 Å². The van der Waals surface area contributed by atoms with Crippen LogP contribution in [-0.2, 0) is 24.1 Å². The molecule has 1 aromatic heterocycles. The molecule has 0 fully saturated rings. The lowest BCUT2D eigenvalue weighted by Crippen LogP contribution is -2.21. The predicted octanol–water partition coefficient (Wildman–Crippen LogP) is 3.00. The minimum absolute atomic E-state index is 0.0000728. The summed E-state index contributed by atoms with van der Waals surface area (Å²) < 4.78 is 42.0. The van der Waals surface area contributed by atoms with Crippen molar-refractivity contribution in [2.45, 2.75) is 45.3 Å². The van der Waals surface area contributed by atoms with Crippen molar-refractivity contribution < 1.29 is 17.9 Å². The van der Waals surface area contributed by atoms with Crippen molar-refractivity contribution in [1.29, 1.82) is 0 Å². The van der Waals surface area contributed by atoms with Gasteiger partial charge >= 0.3 is 11.0 Å². The van der Waals surface area contributed by atoms with E-state index in [1.165, 1.54) is 11.3 Å². The molecule has 0 amide bonds. The Morgan fingerprint density at radius 2 is 2.20 bits per heavy atom. The van der Waals surface area contributed by atoms with E-state index in [0.717, 1.165) is 29.8 Å². The molecule has 0 N–H and O–H groups in total. The van der Waals surface area contributed by atoms with Gasteiger partial charge in [-0.1, -0.05) is 18.3 Å². The second-order valence-electron chi connectivity index (χ2n) is 5.26. The normalized spacial score (nSPS) is 19.1. The van der Waals surface area contributed by atoms with Crippen molar-refractivity contribution in [3.63, 3.8) is 0 Å². The van der Waals surface area contributed by atoms with E-state index in [-0.39, 0.29) is 11.5 Å². The zero-order valence-corrected chi connectivity index (χ0v) is 12.1. The molecule has 7 heteroatoms. The maximum atomic E-state index is 11.9. The van der Waals surface area contributed by atoms with Crippen molar-refractivity contribution in [1.82, 2.24) is 4.57 Å². The van der Waals surface area contributed by atoms with Crippen LogP contribution in [0.1, 0.15) is 30.3 Å². The van der Waals surface area contributed by atoms with Crippen molar-refractivity contribution in [3.05, 3.63) is 20.2 Å². The van der Waals surface area contributed by atoms with Gasteiger partial charge in [-0.15, -0.1) is 0 Å². The van der Waals surface area contributed by atoms with E-state index in [1.54, 1.807) is 4.57 Å². The number of halogens is 3. The minimum atomic E-state index is -4.28. The third-order valence-corrected chi connectivity index (χ3v) is 4.47. The van der Waals surface area contributed by atoms with Gasteiger partial charge in [-0.2, -0.15) is 13.2 Å². The van der Waals surface area contributed by atoms with Crippen LogP contribution in [0.4, 0.5) is 13.2 Å². The Kier molecular flexibility index (Phi) is 4.90. The highest BCUT2D eigenvalue weighted by molar-refractivity contribution is 7.09. The van der Waals surface area contributed by atoms with Gasteiger partial charge in [0.05, 0.1) is 0 Å². The number of hydrogen-bond acceptors (Lipinski definition) is 3. The fraction of sp³-hybridized carbons (Fsp3) is 0.769. The molecule has 0 bridgehead atoms. The number of nitrogens with zero attached hydrogens (tertiary/aromatic N) is 1. The first-order valence-corrected chi connectivity index (χ1v) is 7.54. The van der Waals surface area contributed by atoms with Gasteiger partial charge in [0, 0.05) is 23.7 Å². The largest absolute Gasteiger partial charge is 0.411 e.